The van der Waals surface area contributed by atoms with Gasteiger partial charge in [0.05, 0.1) is 20.3 Å². The Kier molecular flexibility index (Phi) is 9.43. The van der Waals surface area contributed by atoms with Crippen LogP contribution in [0.4, 0.5) is 10.1 Å². The van der Waals surface area contributed by atoms with Crippen LogP contribution in [0, 0.1) is 5.82 Å². The van der Waals surface area contributed by atoms with Crippen LogP contribution >= 0.6 is 12.4 Å². The Morgan fingerprint density at radius 2 is 1.81 bits per heavy atom. The van der Waals surface area contributed by atoms with Crippen LogP contribution in [0.1, 0.15) is 0 Å². The molecule has 0 saturated carbocycles. The Labute approximate surface area is 158 Å². The van der Waals surface area contributed by atoms with Crippen molar-refractivity contribution in [1.82, 2.24) is 5.32 Å². The Hall–Kier alpha value is -2.35. The molecule has 26 heavy (non-hydrogen) atoms. The molecule has 0 unspecified atom stereocenters. The lowest BCUT2D eigenvalue weighted by atomic mass is 10.2. The monoisotopic (exact) mass is 384 g/mol. The molecule has 8 heteroatoms. The Bertz CT molecular complexity index is 715. The highest BCUT2D eigenvalue weighted by atomic mass is 35.5. The third-order valence-electron chi connectivity index (χ3n) is 3.27. The van der Waals surface area contributed by atoms with Crippen molar-refractivity contribution in [2.24, 2.45) is 0 Å². The lowest BCUT2D eigenvalue weighted by molar-refractivity contribution is -0.115. The van der Waals surface area contributed by atoms with E-state index in [0.717, 1.165) is 0 Å². The van der Waals surface area contributed by atoms with Crippen molar-refractivity contribution in [3.8, 4) is 17.2 Å². The van der Waals surface area contributed by atoms with Crippen molar-refractivity contribution in [3.63, 3.8) is 0 Å². The maximum Gasteiger partial charge on any atom is 0.238 e. The van der Waals surface area contributed by atoms with Gasteiger partial charge in [-0.2, -0.15) is 0 Å². The van der Waals surface area contributed by atoms with Gasteiger partial charge in [-0.1, -0.05) is 12.1 Å². The molecule has 6 nitrogen and oxygen atoms in total. The van der Waals surface area contributed by atoms with Gasteiger partial charge in [0.15, 0.2) is 23.1 Å². The van der Waals surface area contributed by atoms with E-state index in [1.807, 2.05) is 0 Å². The lowest BCUT2D eigenvalue weighted by Gasteiger charge is -2.12. The van der Waals surface area contributed by atoms with E-state index < -0.39 is 5.82 Å². The first-order valence-electron chi connectivity index (χ1n) is 7.74. The fraction of sp³-hybridized carbons (Fsp3) is 0.278. The van der Waals surface area contributed by atoms with Crippen LogP contribution in [0.15, 0.2) is 42.5 Å². The highest BCUT2D eigenvalue weighted by Crippen LogP contribution is 2.33. The topological polar surface area (TPSA) is 68.8 Å². The number of nitrogens with one attached hydrogen (secondary N) is 2. The van der Waals surface area contributed by atoms with E-state index in [1.165, 1.54) is 19.2 Å². The molecule has 0 spiro atoms. The molecule has 0 atom stereocenters. The minimum absolute atomic E-state index is 0. The molecule has 0 aliphatic rings. The molecule has 0 aliphatic carbocycles. The largest absolute Gasteiger partial charge is 0.493 e. The van der Waals surface area contributed by atoms with E-state index in [2.05, 4.69) is 10.6 Å². The summed E-state index contributed by atoms with van der Waals surface area (Å²) >= 11 is 0. The van der Waals surface area contributed by atoms with Gasteiger partial charge in [0.1, 0.15) is 0 Å². The van der Waals surface area contributed by atoms with Gasteiger partial charge in [0.25, 0.3) is 0 Å². The first-order chi connectivity index (χ1) is 12.1. The van der Waals surface area contributed by atoms with E-state index in [0.29, 0.717) is 30.3 Å². The van der Waals surface area contributed by atoms with E-state index >= 15 is 0 Å². The number of methoxy groups -OCH3 is 2. The molecule has 2 N–H and O–H groups in total. The fourth-order valence-corrected chi connectivity index (χ4v) is 2.06. The number of carbonyl (C=O) groups excluding carboxylic acids is 1. The molecular weight excluding hydrogens is 363 g/mol. The molecule has 0 saturated heterocycles. The van der Waals surface area contributed by atoms with E-state index in [9.17, 15) is 9.18 Å². The number of hydrogen-bond acceptors (Lipinski definition) is 5. The van der Waals surface area contributed by atoms with Crippen molar-refractivity contribution >= 4 is 24.0 Å². The zero-order valence-electron chi connectivity index (χ0n) is 14.6. The number of para-hydroxylation sites is 2. The number of anilines is 1. The van der Waals surface area contributed by atoms with Gasteiger partial charge >= 0.3 is 0 Å². The predicted octanol–water partition coefficient (Wildman–Crippen LogP) is 3.22. The van der Waals surface area contributed by atoms with E-state index in [1.54, 1.807) is 37.4 Å². The number of carbonyl (C=O) groups is 1. The number of amides is 1. The summed E-state index contributed by atoms with van der Waals surface area (Å²) in [7, 11) is 3.09. The second kappa shape index (κ2) is 11.3. The van der Waals surface area contributed by atoms with Crippen LogP contribution in [0.5, 0.6) is 17.2 Å². The molecule has 0 aromatic heterocycles. The average molecular weight is 385 g/mol. The predicted molar refractivity (Wildman–Crippen MR) is 100 cm³/mol. The molecule has 0 fully saturated rings. The van der Waals surface area contributed by atoms with Crippen LogP contribution < -0.4 is 20.1 Å². The molecule has 1 amide bonds. The Balaban J connectivity index is 0.00000338. The van der Waals surface area contributed by atoms with Gasteiger partial charge in [-0.25, -0.2) is 4.39 Å². The average Bonchev–Trinajstić information content (AvgIpc) is 2.61. The van der Waals surface area contributed by atoms with Gasteiger partial charge in [-0.05, 0) is 24.3 Å². The Morgan fingerprint density at radius 1 is 1.08 bits per heavy atom. The maximum atomic E-state index is 14.2. The molecule has 142 valence electrons. The molecule has 0 bridgehead atoms. The summed E-state index contributed by atoms with van der Waals surface area (Å²) in [6.07, 6.45) is 0. The van der Waals surface area contributed by atoms with Crippen LogP contribution in [-0.2, 0) is 9.53 Å². The molecule has 2 rings (SSSR count). The second-order valence-electron chi connectivity index (χ2n) is 5.12. The summed E-state index contributed by atoms with van der Waals surface area (Å²) in [5.74, 6) is 0.0927. The maximum absolute atomic E-state index is 14.2. The van der Waals surface area contributed by atoms with Crippen LogP contribution in [0.25, 0.3) is 0 Å². The molecule has 2 aromatic carbocycles. The van der Waals surface area contributed by atoms with Gasteiger partial charge < -0.3 is 24.8 Å². The second-order valence-corrected chi connectivity index (χ2v) is 5.12. The number of benzene rings is 2. The third kappa shape index (κ3) is 6.51. The first-order valence-corrected chi connectivity index (χ1v) is 7.74. The summed E-state index contributed by atoms with van der Waals surface area (Å²) in [4.78, 5) is 11.8. The summed E-state index contributed by atoms with van der Waals surface area (Å²) in [5.41, 5.74) is 0.350. The summed E-state index contributed by atoms with van der Waals surface area (Å²) in [5, 5.41) is 5.52. The summed E-state index contributed by atoms with van der Waals surface area (Å²) < 4.78 is 29.8. The number of halogens is 2. The normalized spacial score (nSPS) is 9.96. The van der Waals surface area contributed by atoms with Gasteiger partial charge in [-0.3, -0.25) is 4.79 Å². The van der Waals surface area contributed by atoms with Crippen molar-refractivity contribution in [2.75, 3.05) is 39.2 Å². The fourth-order valence-electron chi connectivity index (χ4n) is 2.06. The SMILES string of the molecule is COCCNCC(=O)Nc1ccc(Oc2ccccc2OC)c(F)c1.Cl. The van der Waals surface area contributed by atoms with Crippen molar-refractivity contribution < 1.29 is 23.4 Å². The number of hydrogen-bond donors (Lipinski definition) is 2. The zero-order valence-corrected chi connectivity index (χ0v) is 15.4. The molecular formula is C18H22ClFN2O4. The minimum atomic E-state index is -0.587. The molecule has 0 heterocycles. The number of ether oxygens (including phenoxy) is 3. The zero-order chi connectivity index (χ0) is 18.1. The third-order valence-corrected chi connectivity index (χ3v) is 3.27. The van der Waals surface area contributed by atoms with Crippen LogP contribution in [0.2, 0.25) is 0 Å². The summed E-state index contributed by atoms with van der Waals surface area (Å²) in [6, 6.07) is 11.2. The minimum Gasteiger partial charge on any atom is -0.493 e. The lowest BCUT2D eigenvalue weighted by Crippen LogP contribution is -2.30. The van der Waals surface area contributed by atoms with Gasteiger partial charge in [-0.15, -0.1) is 12.4 Å². The van der Waals surface area contributed by atoms with Crippen molar-refractivity contribution in [3.05, 3.63) is 48.3 Å². The van der Waals surface area contributed by atoms with Crippen LogP contribution in [-0.4, -0.2) is 39.8 Å². The quantitative estimate of drug-likeness (QED) is 0.650. The van der Waals surface area contributed by atoms with Crippen molar-refractivity contribution in [2.45, 2.75) is 0 Å². The molecule has 0 aliphatic heterocycles. The van der Waals surface area contributed by atoms with Crippen molar-refractivity contribution in [1.29, 1.82) is 0 Å². The first kappa shape index (κ1) is 21.7. The van der Waals surface area contributed by atoms with Gasteiger partial charge in [0.2, 0.25) is 5.91 Å². The smallest absolute Gasteiger partial charge is 0.238 e. The van der Waals surface area contributed by atoms with Gasteiger partial charge in [0, 0.05) is 25.4 Å². The molecule has 0 radical (unpaired) electrons. The highest BCUT2D eigenvalue weighted by Gasteiger charge is 2.10. The van der Waals surface area contributed by atoms with E-state index in [-0.39, 0.29) is 30.6 Å². The van der Waals surface area contributed by atoms with E-state index in [4.69, 9.17) is 14.2 Å². The number of rotatable bonds is 9. The van der Waals surface area contributed by atoms with Crippen LogP contribution in [0.3, 0.4) is 0 Å². The highest BCUT2D eigenvalue weighted by molar-refractivity contribution is 5.92. The Morgan fingerprint density at radius 3 is 2.46 bits per heavy atom. The summed E-state index contributed by atoms with van der Waals surface area (Å²) in [6.45, 7) is 1.19. The molecule has 2 aromatic rings. The standard InChI is InChI=1S/C18H21FN2O4.ClH/c1-23-10-9-20-12-18(22)21-13-7-8-15(14(19)11-13)25-17-6-4-3-5-16(17)24-2;/h3-8,11,20H,9-10,12H2,1-2H3,(H,21,22);1H.